The van der Waals surface area contributed by atoms with Crippen molar-refractivity contribution in [2.24, 2.45) is 0 Å². The molecule has 6 heteroatoms. The van der Waals surface area contributed by atoms with Crippen LogP contribution in [-0.2, 0) is 16.1 Å². The zero-order valence-corrected chi connectivity index (χ0v) is 15.0. The van der Waals surface area contributed by atoms with Gasteiger partial charge in [0.25, 0.3) is 0 Å². The molecule has 0 radical (unpaired) electrons. The third-order valence-electron chi connectivity index (χ3n) is 4.82. The van der Waals surface area contributed by atoms with Gasteiger partial charge in [-0.15, -0.1) is 0 Å². The molecule has 2 aromatic rings. The lowest BCUT2D eigenvalue weighted by molar-refractivity contribution is -0.121. The molecule has 0 aliphatic carbocycles. The van der Waals surface area contributed by atoms with E-state index in [2.05, 4.69) is 28.2 Å². The Bertz CT molecular complexity index is 707. The van der Waals surface area contributed by atoms with Crippen LogP contribution in [0.15, 0.2) is 24.3 Å². The van der Waals surface area contributed by atoms with Gasteiger partial charge in [-0.1, -0.05) is 0 Å². The molecule has 136 valence electrons. The van der Waals surface area contributed by atoms with Gasteiger partial charge in [-0.05, 0) is 37.6 Å². The molecule has 1 aliphatic heterocycles. The third kappa shape index (κ3) is 4.74. The molecular weight excluding hydrogens is 318 g/mol. The molecule has 1 unspecified atom stereocenters. The topological polar surface area (TPSA) is 66.6 Å². The van der Waals surface area contributed by atoms with Crippen LogP contribution < -0.4 is 10.1 Å². The van der Waals surface area contributed by atoms with Crippen molar-refractivity contribution in [2.75, 3.05) is 33.4 Å². The van der Waals surface area contributed by atoms with E-state index in [1.807, 2.05) is 18.2 Å². The van der Waals surface area contributed by atoms with Gasteiger partial charge in [0.05, 0.1) is 26.9 Å². The first-order valence-electron chi connectivity index (χ1n) is 8.90. The quantitative estimate of drug-likeness (QED) is 0.808. The van der Waals surface area contributed by atoms with Gasteiger partial charge in [-0.2, -0.15) is 0 Å². The summed E-state index contributed by atoms with van der Waals surface area (Å²) in [6.45, 7) is 6.21. The van der Waals surface area contributed by atoms with Crippen LogP contribution in [0.1, 0.15) is 25.5 Å². The molecule has 1 saturated heterocycles. The Hall–Kier alpha value is -2.05. The number of carbonyl (C=O) groups excluding carboxylic acids is 1. The molecule has 0 spiro atoms. The minimum Gasteiger partial charge on any atom is -0.497 e. The lowest BCUT2D eigenvalue weighted by Gasteiger charge is -2.32. The van der Waals surface area contributed by atoms with E-state index >= 15 is 0 Å². The number of ether oxygens (including phenoxy) is 2. The number of aromatic amines is 1. The first kappa shape index (κ1) is 17.8. The molecule has 1 fully saturated rings. The number of hydrogen-bond acceptors (Lipinski definition) is 4. The van der Waals surface area contributed by atoms with Crippen LogP contribution in [0.4, 0.5) is 0 Å². The molecule has 0 saturated carbocycles. The third-order valence-corrected chi connectivity index (χ3v) is 4.82. The SMILES string of the molecule is COc1ccc2[nH]c(CNC(=O)CCC(C)N3CCOCC3)cc2c1. The summed E-state index contributed by atoms with van der Waals surface area (Å²) in [5, 5.41) is 4.09. The van der Waals surface area contributed by atoms with E-state index < -0.39 is 0 Å². The fourth-order valence-electron chi connectivity index (χ4n) is 3.22. The van der Waals surface area contributed by atoms with Crippen molar-refractivity contribution < 1.29 is 14.3 Å². The van der Waals surface area contributed by atoms with Crippen molar-refractivity contribution in [3.05, 3.63) is 30.0 Å². The summed E-state index contributed by atoms with van der Waals surface area (Å²) >= 11 is 0. The lowest BCUT2D eigenvalue weighted by Crippen LogP contribution is -2.42. The van der Waals surface area contributed by atoms with Crippen LogP contribution >= 0.6 is 0 Å². The molecule has 1 aromatic carbocycles. The number of methoxy groups -OCH3 is 1. The van der Waals surface area contributed by atoms with E-state index in [1.54, 1.807) is 7.11 Å². The normalized spacial score (nSPS) is 16.7. The van der Waals surface area contributed by atoms with Crippen LogP contribution in [-0.4, -0.2) is 55.2 Å². The van der Waals surface area contributed by atoms with Gasteiger partial charge in [0.15, 0.2) is 0 Å². The van der Waals surface area contributed by atoms with Crippen molar-refractivity contribution in [1.29, 1.82) is 0 Å². The second kappa shape index (κ2) is 8.36. The molecule has 1 aliphatic rings. The monoisotopic (exact) mass is 345 g/mol. The first-order chi connectivity index (χ1) is 12.2. The summed E-state index contributed by atoms with van der Waals surface area (Å²) < 4.78 is 10.6. The lowest BCUT2D eigenvalue weighted by atomic mass is 10.1. The maximum absolute atomic E-state index is 12.1. The van der Waals surface area contributed by atoms with Crippen LogP contribution in [0.5, 0.6) is 5.75 Å². The number of H-pyrrole nitrogens is 1. The predicted molar refractivity (Wildman–Crippen MR) is 97.8 cm³/mol. The van der Waals surface area contributed by atoms with Gasteiger partial charge in [0.2, 0.25) is 5.91 Å². The van der Waals surface area contributed by atoms with E-state index in [-0.39, 0.29) is 5.91 Å². The van der Waals surface area contributed by atoms with E-state index in [4.69, 9.17) is 9.47 Å². The Morgan fingerprint density at radius 1 is 1.36 bits per heavy atom. The molecular formula is C19H27N3O3. The molecule has 0 bridgehead atoms. The van der Waals surface area contributed by atoms with Crippen molar-refractivity contribution in [2.45, 2.75) is 32.4 Å². The number of morpholine rings is 1. The van der Waals surface area contributed by atoms with E-state index in [9.17, 15) is 4.79 Å². The molecule has 25 heavy (non-hydrogen) atoms. The molecule has 3 rings (SSSR count). The second-order valence-corrected chi connectivity index (χ2v) is 6.56. The molecule has 1 atom stereocenters. The molecule has 6 nitrogen and oxygen atoms in total. The summed E-state index contributed by atoms with van der Waals surface area (Å²) in [4.78, 5) is 17.8. The minimum atomic E-state index is 0.0938. The first-order valence-corrected chi connectivity index (χ1v) is 8.90. The average molecular weight is 345 g/mol. The number of hydrogen-bond donors (Lipinski definition) is 2. The molecule has 1 aromatic heterocycles. The number of rotatable bonds is 7. The zero-order chi connectivity index (χ0) is 17.6. The van der Waals surface area contributed by atoms with Crippen molar-refractivity contribution in [3.8, 4) is 5.75 Å². The average Bonchev–Trinajstić information content (AvgIpc) is 3.07. The highest BCUT2D eigenvalue weighted by atomic mass is 16.5. The Labute approximate surface area is 148 Å². The number of carbonyl (C=O) groups is 1. The number of fused-ring (bicyclic) bond motifs is 1. The van der Waals surface area contributed by atoms with Gasteiger partial charge in [0, 0.05) is 42.1 Å². The van der Waals surface area contributed by atoms with Crippen molar-refractivity contribution in [1.82, 2.24) is 15.2 Å². The summed E-state index contributed by atoms with van der Waals surface area (Å²) in [5.41, 5.74) is 2.05. The van der Waals surface area contributed by atoms with Crippen molar-refractivity contribution in [3.63, 3.8) is 0 Å². The summed E-state index contributed by atoms with van der Waals surface area (Å²) in [5.74, 6) is 0.926. The minimum absolute atomic E-state index is 0.0938. The van der Waals surface area contributed by atoms with E-state index in [0.717, 1.165) is 55.1 Å². The maximum atomic E-state index is 12.1. The number of amides is 1. The summed E-state index contributed by atoms with van der Waals surface area (Å²) in [6.07, 6.45) is 1.42. The number of benzene rings is 1. The molecule has 2 N–H and O–H groups in total. The van der Waals surface area contributed by atoms with Gasteiger partial charge >= 0.3 is 0 Å². The predicted octanol–water partition coefficient (Wildman–Crippen LogP) is 2.29. The summed E-state index contributed by atoms with van der Waals surface area (Å²) in [7, 11) is 1.66. The van der Waals surface area contributed by atoms with Gasteiger partial charge < -0.3 is 19.8 Å². The Morgan fingerprint density at radius 2 is 2.16 bits per heavy atom. The van der Waals surface area contributed by atoms with Crippen molar-refractivity contribution >= 4 is 16.8 Å². The Morgan fingerprint density at radius 3 is 2.92 bits per heavy atom. The van der Waals surface area contributed by atoms with Gasteiger partial charge in [0.1, 0.15) is 5.75 Å². The van der Waals surface area contributed by atoms with Gasteiger partial charge in [-0.25, -0.2) is 0 Å². The smallest absolute Gasteiger partial charge is 0.220 e. The Kier molecular flexibility index (Phi) is 5.94. The highest BCUT2D eigenvalue weighted by Crippen LogP contribution is 2.21. The van der Waals surface area contributed by atoms with E-state index in [1.165, 1.54) is 0 Å². The zero-order valence-electron chi connectivity index (χ0n) is 15.0. The highest BCUT2D eigenvalue weighted by molar-refractivity contribution is 5.82. The summed E-state index contributed by atoms with van der Waals surface area (Å²) in [6, 6.07) is 8.36. The van der Waals surface area contributed by atoms with E-state index in [0.29, 0.717) is 19.0 Å². The van der Waals surface area contributed by atoms with Crippen LogP contribution in [0.3, 0.4) is 0 Å². The van der Waals surface area contributed by atoms with Crippen LogP contribution in [0.2, 0.25) is 0 Å². The maximum Gasteiger partial charge on any atom is 0.220 e. The number of nitrogens with one attached hydrogen (secondary N) is 2. The number of nitrogens with zero attached hydrogens (tertiary/aromatic N) is 1. The molecule has 1 amide bonds. The van der Waals surface area contributed by atoms with Crippen LogP contribution in [0, 0.1) is 0 Å². The fraction of sp³-hybridized carbons (Fsp3) is 0.526. The number of aromatic nitrogens is 1. The van der Waals surface area contributed by atoms with Crippen LogP contribution in [0.25, 0.3) is 10.9 Å². The fourth-order valence-corrected chi connectivity index (χ4v) is 3.22. The second-order valence-electron chi connectivity index (χ2n) is 6.56. The standard InChI is InChI=1S/C19H27N3O3/c1-14(22-7-9-25-10-8-22)3-6-19(23)20-13-16-11-15-12-17(24-2)4-5-18(15)21-16/h4-5,11-12,14,21H,3,6-10,13H2,1-2H3,(H,20,23). The molecule has 2 heterocycles. The largest absolute Gasteiger partial charge is 0.497 e. The van der Waals surface area contributed by atoms with Gasteiger partial charge in [-0.3, -0.25) is 9.69 Å². The highest BCUT2D eigenvalue weighted by Gasteiger charge is 2.17. The Balaban J connectivity index is 1.45.